The number of rotatable bonds is 4. The molecular formula is C16H17BrFN. The molecule has 0 radical (unpaired) electrons. The molecule has 0 bridgehead atoms. The summed E-state index contributed by atoms with van der Waals surface area (Å²) < 4.78 is 14.7. The van der Waals surface area contributed by atoms with Crippen molar-refractivity contribution in [2.75, 3.05) is 5.32 Å². The Bertz CT molecular complexity index is 551. The molecule has 0 heterocycles. The van der Waals surface area contributed by atoms with Crippen LogP contribution in [0.1, 0.15) is 31.0 Å². The zero-order valence-electron chi connectivity index (χ0n) is 11.1. The summed E-state index contributed by atoms with van der Waals surface area (Å²) in [6.07, 6.45) is 1.02. The lowest BCUT2D eigenvalue weighted by molar-refractivity contribution is 0.600. The van der Waals surface area contributed by atoms with Gasteiger partial charge in [0.25, 0.3) is 0 Å². The van der Waals surface area contributed by atoms with E-state index in [4.69, 9.17) is 0 Å². The van der Waals surface area contributed by atoms with Crippen LogP contribution in [0.2, 0.25) is 0 Å². The van der Waals surface area contributed by atoms with Gasteiger partial charge in [-0.3, -0.25) is 0 Å². The van der Waals surface area contributed by atoms with Crippen LogP contribution >= 0.6 is 15.9 Å². The van der Waals surface area contributed by atoms with Crippen LogP contribution in [0, 0.1) is 5.82 Å². The minimum absolute atomic E-state index is 0.0787. The van der Waals surface area contributed by atoms with Crippen molar-refractivity contribution in [3.05, 3.63) is 63.9 Å². The quantitative estimate of drug-likeness (QED) is 0.803. The van der Waals surface area contributed by atoms with E-state index in [-0.39, 0.29) is 11.9 Å². The first-order valence-electron chi connectivity index (χ1n) is 6.40. The van der Waals surface area contributed by atoms with E-state index in [2.05, 4.69) is 40.3 Å². The van der Waals surface area contributed by atoms with E-state index >= 15 is 0 Å². The molecule has 3 heteroatoms. The third kappa shape index (κ3) is 3.57. The summed E-state index contributed by atoms with van der Waals surface area (Å²) in [6.45, 7) is 4.08. The lowest BCUT2D eigenvalue weighted by Crippen LogP contribution is -2.08. The molecule has 100 valence electrons. The van der Waals surface area contributed by atoms with Crippen molar-refractivity contribution < 1.29 is 4.39 Å². The normalized spacial score (nSPS) is 12.2. The smallest absolute Gasteiger partial charge is 0.128 e. The van der Waals surface area contributed by atoms with Gasteiger partial charge in [0.2, 0.25) is 0 Å². The summed E-state index contributed by atoms with van der Waals surface area (Å²) in [5, 5.41) is 3.32. The Morgan fingerprint density at radius 2 is 1.84 bits per heavy atom. The van der Waals surface area contributed by atoms with Crippen molar-refractivity contribution >= 4 is 21.6 Å². The summed E-state index contributed by atoms with van der Waals surface area (Å²) in [6, 6.07) is 13.2. The molecule has 0 amide bonds. The van der Waals surface area contributed by atoms with Crippen molar-refractivity contribution in [2.45, 2.75) is 26.3 Å². The molecule has 2 aromatic carbocycles. The van der Waals surface area contributed by atoms with Crippen LogP contribution in [0.5, 0.6) is 0 Å². The summed E-state index contributed by atoms with van der Waals surface area (Å²) in [5.41, 5.74) is 2.96. The van der Waals surface area contributed by atoms with Crippen molar-refractivity contribution in [2.24, 2.45) is 0 Å². The van der Waals surface area contributed by atoms with Gasteiger partial charge in [0.05, 0.1) is 6.04 Å². The van der Waals surface area contributed by atoms with Gasteiger partial charge in [-0.05, 0) is 49.2 Å². The Morgan fingerprint density at radius 1 is 1.16 bits per heavy atom. The summed E-state index contributed by atoms with van der Waals surface area (Å²) >= 11 is 3.37. The van der Waals surface area contributed by atoms with E-state index in [1.54, 1.807) is 6.07 Å². The highest BCUT2D eigenvalue weighted by atomic mass is 79.9. The summed E-state index contributed by atoms with van der Waals surface area (Å²) in [4.78, 5) is 0. The molecule has 1 N–H and O–H groups in total. The van der Waals surface area contributed by atoms with E-state index in [9.17, 15) is 4.39 Å². The number of nitrogens with one attached hydrogen (secondary N) is 1. The predicted octanol–water partition coefficient (Wildman–Crippen LogP) is 5.32. The summed E-state index contributed by atoms with van der Waals surface area (Å²) in [7, 11) is 0. The van der Waals surface area contributed by atoms with Gasteiger partial charge in [0.15, 0.2) is 0 Å². The number of hydrogen-bond acceptors (Lipinski definition) is 1. The second-order valence-corrected chi connectivity index (χ2v) is 5.50. The molecule has 0 saturated heterocycles. The SMILES string of the molecule is CCc1ccc(NC(C)c2cc(Br)ccc2F)cc1. The maximum absolute atomic E-state index is 13.8. The van der Waals surface area contributed by atoms with Crippen molar-refractivity contribution in [1.29, 1.82) is 0 Å². The molecular weight excluding hydrogens is 305 g/mol. The number of aryl methyl sites for hydroxylation is 1. The number of benzene rings is 2. The van der Waals surface area contributed by atoms with Crippen LogP contribution in [0.25, 0.3) is 0 Å². The molecule has 0 aromatic heterocycles. The van der Waals surface area contributed by atoms with Gasteiger partial charge in [-0.15, -0.1) is 0 Å². The van der Waals surface area contributed by atoms with Gasteiger partial charge in [0, 0.05) is 15.7 Å². The first kappa shape index (κ1) is 14.1. The molecule has 0 aliphatic carbocycles. The molecule has 19 heavy (non-hydrogen) atoms. The zero-order valence-corrected chi connectivity index (χ0v) is 12.7. The molecule has 1 nitrogen and oxygen atoms in total. The predicted molar refractivity (Wildman–Crippen MR) is 82.0 cm³/mol. The zero-order chi connectivity index (χ0) is 13.8. The molecule has 0 aliphatic rings. The van der Waals surface area contributed by atoms with Crippen LogP contribution in [0.15, 0.2) is 46.9 Å². The number of anilines is 1. The maximum Gasteiger partial charge on any atom is 0.128 e. The number of halogens is 2. The third-order valence-corrected chi connectivity index (χ3v) is 3.66. The van der Waals surface area contributed by atoms with E-state index in [0.717, 1.165) is 16.6 Å². The fourth-order valence-corrected chi connectivity index (χ4v) is 2.39. The van der Waals surface area contributed by atoms with Crippen LogP contribution in [0.4, 0.5) is 10.1 Å². The lowest BCUT2D eigenvalue weighted by atomic mass is 10.1. The van der Waals surface area contributed by atoms with E-state index in [1.807, 2.05) is 25.1 Å². The van der Waals surface area contributed by atoms with Crippen LogP contribution in [-0.4, -0.2) is 0 Å². The second kappa shape index (κ2) is 6.20. The Hall–Kier alpha value is -1.35. The minimum Gasteiger partial charge on any atom is -0.378 e. The lowest BCUT2D eigenvalue weighted by Gasteiger charge is -2.17. The summed E-state index contributed by atoms with van der Waals surface area (Å²) in [5.74, 6) is -0.187. The Labute approximate surface area is 122 Å². The number of hydrogen-bond donors (Lipinski definition) is 1. The molecule has 0 spiro atoms. The van der Waals surface area contributed by atoms with Crippen molar-refractivity contribution in [3.63, 3.8) is 0 Å². The van der Waals surface area contributed by atoms with Crippen LogP contribution in [-0.2, 0) is 6.42 Å². The second-order valence-electron chi connectivity index (χ2n) is 4.58. The highest BCUT2D eigenvalue weighted by molar-refractivity contribution is 9.10. The molecule has 0 saturated carbocycles. The topological polar surface area (TPSA) is 12.0 Å². The highest BCUT2D eigenvalue weighted by Crippen LogP contribution is 2.25. The van der Waals surface area contributed by atoms with Crippen LogP contribution < -0.4 is 5.32 Å². The Kier molecular flexibility index (Phi) is 4.59. The largest absolute Gasteiger partial charge is 0.378 e. The Morgan fingerprint density at radius 3 is 2.47 bits per heavy atom. The van der Waals surface area contributed by atoms with Crippen LogP contribution in [0.3, 0.4) is 0 Å². The molecule has 1 atom stereocenters. The van der Waals surface area contributed by atoms with Crippen molar-refractivity contribution in [3.8, 4) is 0 Å². The molecule has 0 aliphatic heterocycles. The average Bonchev–Trinajstić information content (AvgIpc) is 2.42. The van der Waals surface area contributed by atoms with Gasteiger partial charge in [0.1, 0.15) is 5.82 Å². The standard InChI is InChI=1S/C16H17BrFN/c1-3-12-4-7-14(8-5-12)19-11(2)15-10-13(17)6-9-16(15)18/h4-11,19H,3H2,1-2H3. The van der Waals surface area contributed by atoms with Gasteiger partial charge >= 0.3 is 0 Å². The maximum atomic E-state index is 13.8. The van der Waals surface area contributed by atoms with Crippen molar-refractivity contribution in [1.82, 2.24) is 0 Å². The minimum atomic E-state index is -0.187. The molecule has 2 rings (SSSR count). The fraction of sp³-hybridized carbons (Fsp3) is 0.250. The van der Waals surface area contributed by atoms with E-state index < -0.39 is 0 Å². The highest BCUT2D eigenvalue weighted by Gasteiger charge is 2.11. The monoisotopic (exact) mass is 321 g/mol. The molecule has 1 unspecified atom stereocenters. The third-order valence-electron chi connectivity index (χ3n) is 3.17. The molecule has 2 aromatic rings. The van der Waals surface area contributed by atoms with Gasteiger partial charge in [-0.2, -0.15) is 0 Å². The van der Waals surface area contributed by atoms with Gasteiger partial charge < -0.3 is 5.32 Å². The van der Waals surface area contributed by atoms with Gasteiger partial charge in [-0.1, -0.05) is 35.0 Å². The van der Waals surface area contributed by atoms with E-state index in [1.165, 1.54) is 11.6 Å². The van der Waals surface area contributed by atoms with Gasteiger partial charge in [-0.25, -0.2) is 4.39 Å². The average molecular weight is 322 g/mol. The Balaban J connectivity index is 2.15. The first-order chi connectivity index (χ1) is 9.10. The molecule has 0 fully saturated rings. The first-order valence-corrected chi connectivity index (χ1v) is 7.20. The fourth-order valence-electron chi connectivity index (χ4n) is 2.01. The van der Waals surface area contributed by atoms with E-state index in [0.29, 0.717) is 5.56 Å².